The monoisotopic (exact) mass is 376 g/mol. The van der Waals surface area contributed by atoms with E-state index in [4.69, 9.17) is 4.52 Å². The van der Waals surface area contributed by atoms with Crippen LogP contribution in [0, 0.1) is 0 Å². The van der Waals surface area contributed by atoms with Crippen LogP contribution >= 0.6 is 0 Å². The Morgan fingerprint density at radius 3 is 2.64 bits per heavy atom. The summed E-state index contributed by atoms with van der Waals surface area (Å²) < 4.78 is 5.50. The average Bonchev–Trinajstić information content (AvgIpc) is 3.30. The van der Waals surface area contributed by atoms with Crippen molar-refractivity contribution in [3.8, 4) is 11.4 Å². The van der Waals surface area contributed by atoms with Gasteiger partial charge in [0.05, 0.1) is 0 Å². The summed E-state index contributed by atoms with van der Waals surface area (Å²) >= 11 is 0. The van der Waals surface area contributed by atoms with Crippen molar-refractivity contribution in [2.45, 2.75) is 51.6 Å². The van der Waals surface area contributed by atoms with Crippen molar-refractivity contribution in [2.24, 2.45) is 0 Å². The van der Waals surface area contributed by atoms with Crippen molar-refractivity contribution < 1.29 is 9.32 Å². The zero-order valence-electron chi connectivity index (χ0n) is 16.4. The molecule has 1 unspecified atom stereocenters. The predicted octanol–water partition coefficient (Wildman–Crippen LogP) is 4.29. The van der Waals surface area contributed by atoms with E-state index in [1.807, 2.05) is 17.0 Å². The van der Waals surface area contributed by atoms with Gasteiger partial charge >= 0.3 is 0 Å². The third-order valence-electron chi connectivity index (χ3n) is 5.15. The fourth-order valence-corrected chi connectivity index (χ4v) is 3.48. The molecule has 1 atom stereocenters. The summed E-state index contributed by atoms with van der Waals surface area (Å²) in [5.74, 6) is 1.10. The minimum Gasteiger partial charge on any atom is -0.337 e. The van der Waals surface area contributed by atoms with Crippen LogP contribution in [0.2, 0.25) is 0 Å². The summed E-state index contributed by atoms with van der Waals surface area (Å²) in [5, 5.41) is 4.07. The largest absolute Gasteiger partial charge is 0.337 e. The first-order valence-corrected chi connectivity index (χ1v) is 9.55. The molecule has 3 heterocycles. The zero-order chi connectivity index (χ0) is 19.7. The molecule has 6 heteroatoms. The minimum atomic E-state index is -0.187. The number of carbonyl (C=O) groups is 1. The highest BCUT2D eigenvalue weighted by atomic mass is 16.5. The van der Waals surface area contributed by atoms with Crippen LogP contribution in [0.1, 0.15) is 56.7 Å². The molecule has 0 N–H and O–H groups in total. The Kier molecular flexibility index (Phi) is 4.71. The molecule has 3 aromatic rings. The summed E-state index contributed by atoms with van der Waals surface area (Å²) in [6, 6.07) is 12.0. The number of carbonyl (C=O) groups excluding carboxylic acids is 1. The Morgan fingerprint density at radius 2 is 1.96 bits per heavy atom. The quantitative estimate of drug-likeness (QED) is 0.679. The van der Waals surface area contributed by atoms with E-state index < -0.39 is 0 Å². The van der Waals surface area contributed by atoms with E-state index in [0.29, 0.717) is 31.1 Å². The second-order valence-electron chi connectivity index (χ2n) is 8.22. The first kappa shape index (κ1) is 18.3. The van der Waals surface area contributed by atoms with E-state index in [1.54, 1.807) is 12.4 Å². The van der Waals surface area contributed by atoms with Crippen molar-refractivity contribution in [3.63, 3.8) is 0 Å². The number of nitrogens with zero attached hydrogens (tertiary/aromatic N) is 4. The Hall–Kier alpha value is -3.02. The molecule has 1 amide bonds. The number of hydrogen-bond acceptors (Lipinski definition) is 5. The summed E-state index contributed by atoms with van der Waals surface area (Å²) in [4.78, 5) is 22.9. The lowest BCUT2D eigenvalue weighted by molar-refractivity contribution is -0.129. The first-order chi connectivity index (χ1) is 13.4. The highest BCUT2D eigenvalue weighted by Gasteiger charge is 2.36. The van der Waals surface area contributed by atoms with E-state index in [2.05, 4.69) is 60.2 Å². The molecular formula is C22H24N4O2. The topological polar surface area (TPSA) is 72.1 Å². The Balaban J connectivity index is 1.54. The lowest BCUT2D eigenvalue weighted by Gasteiger charge is -2.23. The number of benzene rings is 1. The van der Waals surface area contributed by atoms with Crippen LogP contribution in [0.25, 0.3) is 11.4 Å². The van der Waals surface area contributed by atoms with Gasteiger partial charge in [0.25, 0.3) is 0 Å². The second kappa shape index (κ2) is 7.19. The van der Waals surface area contributed by atoms with Gasteiger partial charge in [0.2, 0.25) is 17.6 Å². The number of rotatable bonds is 4. The van der Waals surface area contributed by atoms with E-state index in [9.17, 15) is 4.79 Å². The van der Waals surface area contributed by atoms with Gasteiger partial charge < -0.3 is 9.42 Å². The molecule has 2 aromatic heterocycles. The van der Waals surface area contributed by atoms with Gasteiger partial charge in [-0.1, -0.05) is 50.2 Å². The van der Waals surface area contributed by atoms with Crippen LogP contribution in [-0.2, 0) is 16.8 Å². The Labute approximate surface area is 164 Å². The molecule has 0 radical (unpaired) electrons. The van der Waals surface area contributed by atoms with Gasteiger partial charge in [0.15, 0.2) is 0 Å². The van der Waals surface area contributed by atoms with Crippen molar-refractivity contribution in [1.82, 2.24) is 20.0 Å². The van der Waals surface area contributed by atoms with Crippen LogP contribution in [-0.4, -0.2) is 25.9 Å². The molecule has 0 saturated carbocycles. The van der Waals surface area contributed by atoms with Crippen molar-refractivity contribution in [1.29, 1.82) is 0 Å². The van der Waals surface area contributed by atoms with Gasteiger partial charge in [-0.2, -0.15) is 4.98 Å². The third-order valence-corrected chi connectivity index (χ3v) is 5.15. The normalized spacial score (nSPS) is 17.3. The van der Waals surface area contributed by atoms with Crippen LogP contribution in [0.3, 0.4) is 0 Å². The van der Waals surface area contributed by atoms with Crippen molar-refractivity contribution in [2.75, 3.05) is 0 Å². The molecule has 0 bridgehead atoms. The molecule has 1 aromatic carbocycles. The van der Waals surface area contributed by atoms with E-state index >= 15 is 0 Å². The molecule has 1 fully saturated rings. The fraction of sp³-hybridized carbons (Fsp3) is 0.364. The van der Waals surface area contributed by atoms with Gasteiger partial charge in [-0.3, -0.25) is 9.78 Å². The van der Waals surface area contributed by atoms with E-state index in [1.165, 1.54) is 5.56 Å². The highest BCUT2D eigenvalue weighted by Crippen LogP contribution is 2.34. The summed E-state index contributed by atoms with van der Waals surface area (Å²) in [7, 11) is 0. The number of amides is 1. The summed E-state index contributed by atoms with van der Waals surface area (Å²) in [5.41, 5.74) is 3.28. The van der Waals surface area contributed by atoms with Gasteiger partial charge in [0.1, 0.15) is 6.04 Å². The van der Waals surface area contributed by atoms with Gasteiger partial charge in [0, 0.05) is 30.9 Å². The maximum absolute atomic E-state index is 12.5. The fourth-order valence-electron chi connectivity index (χ4n) is 3.48. The third kappa shape index (κ3) is 3.67. The molecule has 1 aliphatic heterocycles. The molecule has 4 rings (SSSR count). The second-order valence-corrected chi connectivity index (χ2v) is 8.22. The van der Waals surface area contributed by atoms with Gasteiger partial charge in [-0.25, -0.2) is 0 Å². The maximum atomic E-state index is 12.5. The first-order valence-electron chi connectivity index (χ1n) is 9.55. The van der Waals surface area contributed by atoms with Gasteiger partial charge in [-0.15, -0.1) is 0 Å². The highest BCUT2D eigenvalue weighted by molar-refractivity contribution is 5.78. The lowest BCUT2D eigenvalue weighted by atomic mass is 9.87. The maximum Gasteiger partial charge on any atom is 0.249 e. The van der Waals surface area contributed by atoms with Crippen molar-refractivity contribution >= 4 is 5.91 Å². The predicted molar refractivity (Wildman–Crippen MR) is 105 cm³/mol. The zero-order valence-corrected chi connectivity index (χ0v) is 16.4. The SMILES string of the molecule is CC(C)(C)c1ccc(CN2C(=O)CCC2c2nc(-c3cccnc3)no2)cc1. The lowest BCUT2D eigenvalue weighted by Crippen LogP contribution is -2.27. The molecule has 1 saturated heterocycles. The average molecular weight is 376 g/mol. The number of likely N-dealkylation sites (tertiary alicyclic amines) is 1. The van der Waals surface area contributed by atoms with Crippen LogP contribution in [0.5, 0.6) is 0 Å². The van der Waals surface area contributed by atoms with Crippen LogP contribution < -0.4 is 0 Å². The smallest absolute Gasteiger partial charge is 0.249 e. The van der Waals surface area contributed by atoms with Crippen molar-refractivity contribution in [3.05, 3.63) is 65.8 Å². The van der Waals surface area contributed by atoms with Gasteiger partial charge in [-0.05, 0) is 35.1 Å². The molecule has 6 nitrogen and oxygen atoms in total. The molecule has 0 spiro atoms. The number of pyridine rings is 1. The summed E-state index contributed by atoms with van der Waals surface area (Å²) in [6.45, 7) is 7.12. The number of hydrogen-bond donors (Lipinski definition) is 0. The Bertz CT molecular complexity index is 958. The molecule has 144 valence electrons. The van der Waals surface area contributed by atoms with Crippen LogP contribution in [0.15, 0.2) is 53.3 Å². The Morgan fingerprint density at radius 1 is 1.18 bits per heavy atom. The summed E-state index contributed by atoms with van der Waals surface area (Å²) in [6.07, 6.45) is 4.58. The van der Waals surface area contributed by atoms with E-state index in [0.717, 1.165) is 11.1 Å². The minimum absolute atomic E-state index is 0.108. The molecule has 1 aliphatic rings. The molecule has 0 aliphatic carbocycles. The molecular weight excluding hydrogens is 352 g/mol. The standard InChI is InChI=1S/C22H24N4O2/c1-22(2,3)17-8-6-15(7-9-17)14-26-18(10-11-19(26)27)21-24-20(25-28-21)16-5-4-12-23-13-16/h4-9,12-13,18H,10-11,14H2,1-3H3. The molecule has 28 heavy (non-hydrogen) atoms. The van der Waals surface area contributed by atoms with Crippen LogP contribution in [0.4, 0.5) is 0 Å². The number of aromatic nitrogens is 3. The van der Waals surface area contributed by atoms with E-state index in [-0.39, 0.29) is 17.4 Å².